The normalized spacial score (nSPS) is 27.2. The lowest BCUT2D eigenvalue weighted by Gasteiger charge is -2.34. The van der Waals surface area contributed by atoms with Crippen LogP contribution >= 0.6 is 0 Å². The number of ether oxygens (including phenoxy) is 2. The monoisotopic (exact) mass is 267 g/mol. The van der Waals surface area contributed by atoms with Crippen LogP contribution in [0.1, 0.15) is 31.2 Å². The summed E-state index contributed by atoms with van der Waals surface area (Å²) in [4.78, 5) is 0. The van der Waals surface area contributed by atoms with E-state index in [2.05, 4.69) is 0 Å². The van der Waals surface area contributed by atoms with Crippen molar-refractivity contribution in [1.29, 1.82) is 0 Å². The minimum absolute atomic E-state index is 0.0641. The summed E-state index contributed by atoms with van der Waals surface area (Å²) < 4.78 is 25.7. The van der Waals surface area contributed by atoms with Gasteiger partial charge in [0.25, 0.3) is 0 Å². The minimum atomic E-state index is -1.36. The molecule has 1 aliphatic rings. The highest BCUT2D eigenvalue weighted by molar-refractivity contribution is 5.38. The van der Waals surface area contributed by atoms with Crippen LogP contribution in [0.2, 0.25) is 0 Å². The third-order valence-electron chi connectivity index (χ3n) is 3.65. The van der Waals surface area contributed by atoms with Crippen LogP contribution in [0.4, 0.5) is 4.39 Å². The van der Waals surface area contributed by atoms with Crippen LogP contribution in [-0.4, -0.2) is 26.4 Å². The molecule has 2 rings (SSSR count). The predicted octanol–water partition coefficient (Wildman–Crippen LogP) is 2.78. The Morgan fingerprint density at radius 1 is 1.37 bits per heavy atom. The fourth-order valence-corrected chi connectivity index (χ4v) is 2.71. The summed E-state index contributed by atoms with van der Waals surface area (Å²) in [5.41, 5.74) is 5.18. The molecule has 0 aromatic heterocycles. The van der Waals surface area contributed by atoms with Gasteiger partial charge in [0, 0.05) is 25.1 Å². The van der Waals surface area contributed by atoms with Crippen LogP contribution in [0, 0.1) is 0 Å². The first-order valence-electron chi connectivity index (χ1n) is 6.81. The molecule has 4 heteroatoms. The number of hydrogen-bond donors (Lipinski definition) is 1. The zero-order valence-corrected chi connectivity index (χ0v) is 11.4. The topological polar surface area (TPSA) is 44.5 Å². The first kappa shape index (κ1) is 14.3. The summed E-state index contributed by atoms with van der Waals surface area (Å²) in [7, 11) is 1.62. The van der Waals surface area contributed by atoms with Crippen LogP contribution in [0.3, 0.4) is 0 Å². The summed E-state index contributed by atoms with van der Waals surface area (Å²) in [6.07, 6.45) is 2.62. The average Bonchev–Trinajstić information content (AvgIpc) is 2.39. The van der Waals surface area contributed by atoms with Crippen molar-refractivity contribution >= 4 is 0 Å². The predicted molar refractivity (Wildman–Crippen MR) is 73.0 cm³/mol. The van der Waals surface area contributed by atoms with E-state index in [0.717, 1.165) is 12.8 Å². The lowest BCUT2D eigenvalue weighted by molar-refractivity contribution is 0.0875. The molecule has 0 radical (unpaired) electrons. The second-order valence-corrected chi connectivity index (χ2v) is 5.16. The fraction of sp³-hybridized carbons (Fsp3) is 0.600. The van der Waals surface area contributed by atoms with E-state index in [4.69, 9.17) is 15.2 Å². The van der Waals surface area contributed by atoms with Gasteiger partial charge in [0.1, 0.15) is 18.0 Å². The minimum Gasteiger partial charge on any atom is -0.491 e. The number of methoxy groups -OCH3 is 1. The Morgan fingerprint density at radius 3 is 2.89 bits per heavy atom. The van der Waals surface area contributed by atoms with Gasteiger partial charge >= 0.3 is 0 Å². The Kier molecular flexibility index (Phi) is 4.77. The number of hydrogen-bond acceptors (Lipinski definition) is 3. The second kappa shape index (κ2) is 6.35. The number of alkyl halides is 1. The first-order chi connectivity index (χ1) is 9.15. The molecule has 1 fully saturated rings. The number of nitrogens with two attached hydrogens (primary N) is 1. The number of para-hydroxylation sites is 1. The fourth-order valence-electron chi connectivity index (χ4n) is 2.71. The van der Waals surface area contributed by atoms with E-state index in [1.807, 2.05) is 18.2 Å². The Balaban J connectivity index is 2.18. The molecule has 3 nitrogen and oxygen atoms in total. The number of benzene rings is 1. The van der Waals surface area contributed by atoms with Gasteiger partial charge in [0.2, 0.25) is 0 Å². The molecule has 1 aliphatic carbocycles. The molecule has 2 N–H and O–H groups in total. The Bertz CT molecular complexity index is 413. The average molecular weight is 267 g/mol. The molecular weight excluding hydrogens is 245 g/mol. The molecule has 0 spiro atoms. The number of halogens is 1. The third-order valence-corrected chi connectivity index (χ3v) is 3.65. The number of rotatable bonds is 5. The van der Waals surface area contributed by atoms with Crippen molar-refractivity contribution in [1.82, 2.24) is 0 Å². The van der Waals surface area contributed by atoms with Crippen LogP contribution < -0.4 is 10.5 Å². The summed E-state index contributed by atoms with van der Waals surface area (Å²) in [6.45, 7) is 0.919. The maximum absolute atomic E-state index is 15.1. The molecular formula is C15H22FNO2. The van der Waals surface area contributed by atoms with E-state index in [1.54, 1.807) is 13.2 Å². The summed E-state index contributed by atoms with van der Waals surface area (Å²) in [5, 5.41) is 0. The van der Waals surface area contributed by atoms with Gasteiger partial charge < -0.3 is 15.2 Å². The smallest absolute Gasteiger partial charge is 0.141 e. The molecule has 1 aromatic carbocycles. The van der Waals surface area contributed by atoms with Crippen molar-refractivity contribution in [3.63, 3.8) is 0 Å². The van der Waals surface area contributed by atoms with Gasteiger partial charge in [-0.15, -0.1) is 0 Å². The van der Waals surface area contributed by atoms with E-state index < -0.39 is 5.67 Å². The van der Waals surface area contributed by atoms with Crippen LogP contribution in [0.5, 0.6) is 5.75 Å². The van der Waals surface area contributed by atoms with Gasteiger partial charge in [0.05, 0.1) is 6.61 Å². The van der Waals surface area contributed by atoms with Crippen molar-refractivity contribution in [3.8, 4) is 5.75 Å². The third kappa shape index (κ3) is 3.45. The summed E-state index contributed by atoms with van der Waals surface area (Å²) in [6, 6.07) is 7.26. The second-order valence-electron chi connectivity index (χ2n) is 5.16. The van der Waals surface area contributed by atoms with Crippen LogP contribution in [-0.2, 0) is 10.4 Å². The zero-order chi connectivity index (χ0) is 13.7. The van der Waals surface area contributed by atoms with Crippen molar-refractivity contribution < 1.29 is 13.9 Å². The molecule has 1 saturated carbocycles. The SMILES string of the molecule is COCCOc1ccccc1C1(F)CCCC(N)C1. The van der Waals surface area contributed by atoms with Crippen molar-refractivity contribution in [2.24, 2.45) is 5.73 Å². The quantitative estimate of drug-likeness (QED) is 0.834. The molecule has 0 aliphatic heterocycles. The Hall–Kier alpha value is -1.13. The van der Waals surface area contributed by atoms with E-state index in [1.165, 1.54) is 0 Å². The van der Waals surface area contributed by atoms with Crippen LogP contribution in [0.25, 0.3) is 0 Å². The highest BCUT2D eigenvalue weighted by Gasteiger charge is 2.38. The van der Waals surface area contributed by atoms with Gasteiger partial charge in [-0.3, -0.25) is 0 Å². The van der Waals surface area contributed by atoms with Gasteiger partial charge in [-0.1, -0.05) is 18.2 Å². The van der Waals surface area contributed by atoms with Crippen molar-refractivity contribution in [2.75, 3.05) is 20.3 Å². The standard InChI is InChI=1S/C15H22FNO2/c1-18-9-10-19-14-7-3-2-6-13(14)15(16)8-4-5-12(17)11-15/h2-3,6-7,12H,4-5,8-11,17H2,1H3. The van der Waals surface area contributed by atoms with Crippen LogP contribution in [0.15, 0.2) is 24.3 Å². The molecule has 2 unspecified atom stereocenters. The summed E-state index contributed by atoms with van der Waals surface area (Å²) >= 11 is 0. The maximum atomic E-state index is 15.1. The van der Waals surface area contributed by atoms with Crippen molar-refractivity contribution in [2.45, 2.75) is 37.4 Å². The van der Waals surface area contributed by atoms with E-state index in [0.29, 0.717) is 37.4 Å². The Labute approximate surface area is 113 Å². The van der Waals surface area contributed by atoms with Gasteiger partial charge in [-0.2, -0.15) is 0 Å². The van der Waals surface area contributed by atoms with Crippen molar-refractivity contribution in [3.05, 3.63) is 29.8 Å². The highest BCUT2D eigenvalue weighted by atomic mass is 19.1. The molecule has 106 valence electrons. The molecule has 0 amide bonds. The molecule has 1 aromatic rings. The van der Waals surface area contributed by atoms with Gasteiger partial charge in [-0.05, 0) is 25.3 Å². The zero-order valence-electron chi connectivity index (χ0n) is 11.4. The summed E-state index contributed by atoms with van der Waals surface area (Å²) in [5.74, 6) is 0.608. The highest BCUT2D eigenvalue weighted by Crippen LogP contribution is 2.43. The first-order valence-corrected chi connectivity index (χ1v) is 6.81. The Morgan fingerprint density at radius 2 is 2.16 bits per heavy atom. The molecule has 0 bridgehead atoms. The molecule has 2 atom stereocenters. The lowest BCUT2D eigenvalue weighted by atomic mass is 9.78. The molecule has 0 saturated heterocycles. The van der Waals surface area contributed by atoms with Gasteiger partial charge in [-0.25, -0.2) is 4.39 Å². The molecule has 0 heterocycles. The van der Waals surface area contributed by atoms with E-state index >= 15 is 4.39 Å². The van der Waals surface area contributed by atoms with E-state index in [-0.39, 0.29) is 6.04 Å². The largest absolute Gasteiger partial charge is 0.491 e. The maximum Gasteiger partial charge on any atom is 0.141 e. The molecule has 19 heavy (non-hydrogen) atoms. The van der Waals surface area contributed by atoms with E-state index in [9.17, 15) is 0 Å². The van der Waals surface area contributed by atoms with Gasteiger partial charge in [0.15, 0.2) is 0 Å². The lowest BCUT2D eigenvalue weighted by Crippen LogP contribution is -2.36.